The summed E-state index contributed by atoms with van der Waals surface area (Å²) in [5.74, 6) is 0.220. The van der Waals surface area contributed by atoms with Crippen molar-refractivity contribution in [3.05, 3.63) is 65.2 Å². The first-order valence-electron chi connectivity index (χ1n) is 12.9. The molecular weight excluding hydrogens is 494 g/mol. The van der Waals surface area contributed by atoms with Crippen LogP contribution in [-0.2, 0) is 6.42 Å². The van der Waals surface area contributed by atoms with Crippen LogP contribution in [0.15, 0.2) is 48.5 Å². The van der Waals surface area contributed by atoms with E-state index in [1.807, 2.05) is 42.5 Å². The first kappa shape index (κ1) is 27.3. The van der Waals surface area contributed by atoms with Gasteiger partial charge in [0.05, 0.1) is 23.6 Å². The minimum absolute atomic E-state index is 0.227. The SMILES string of the molecule is O=C(O)NC[C@@H](O)[C@H](Cc1ccccc1)NC(=O)c1cc(C2CCCC2)cc(N2CCCCS2(O)O)c1. The van der Waals surface area contributed by atoms with Crippen molar-refractivity contribution in [2.24, 2.45) is 0 Å². The molecule has 0 aromatic heterocycles. The standard InChI is InChI=1S/C27H37N3O6S/c31-25(18-28-27(33)34)24(14-19-8-2-1-3-9-19)29-26(32)22-15-21(20-10-4-5-11-20)16-23(17-22)30-12-6-7-13-37(30,35)36/h1-3,8-9,15-17,20,24-25,28,31,35-36H,4-7,10-14,18H2,(H,29,32)(H,33,34)/t24-,25+/m0/s1. The van der Waals surface area contributed by atoms with Gasteiger partial charge in [-0.15, -0.1) is 10.8 Å². The number of hydrogen-bond donors (Lipinski definition) is 6. The van der Waals surface area contributed by atoms with Crippen molar-refractivity contribution in [2.75, 3.05) is 23.1 Å². The van der Waals surface area contributed by atoms with E-state index in [1.165, 1.54) is 0 Å². The van der Waals surface area contributed by atoms with Gasteiger partial charge in [0.15, 0.2) is 0 Å². The molecule has 2 aromatic rings. The lowest BCUT2D eigenvalue weighted by molar-refractivity contribution is 0.0830. The van der Waals surface area contributed by atoms with Crippen molar-refractivity contribution in [2.45, 2.75) is 63.0 Å². The number of amides is 2. The maximum atomic E-state index is 13.6. The van der Waals surface area contributed by atoms with Gasteiger partial charge in [-0.2, -0.15) is 0 Å². The van der Waals surface area contributed by atoms with Crippen LogP contribution in [0.3, 0.4) is 0 Å². The lowest BCUT2D eigenvalue weighted by Crippen LogP contribution is -2.49. The number of hydrogen-bond acceptors (Lipinski definition) is 6. The zero-order chi connectivity index (χ0) is 26.4. The fourth-order valence-electron chi connectivity index (χ4n) is 5.25. The number of anilines is 1. The van der Waals surface area contributed by atoms with E-state index in [4.69, 9.17) is 5.11 Å². The molecule has 6 N–H and O–H groups in total. The van der Waals surface area contributed by atoms with Crippen molar-refractivity contribution in [3.63, 3.8) is 0 Å². The molecule has 1 saturated heterocycles. The average molecular weight is 532 g/mol. The van der Waals surface area contributed by atoms with Crippen LogP contribution in [0.1, 0.15) is 65.9 Å². The maximum Gasteiger partial charge on any atom is 0.404 e. The fourth-order valence-corrected chi connectivity index (χ4v) is 6.92. The molecule has 2 aromatic carbocycles. The Hall–Kier alpha value is -2.79. The number of rotatable bonds is 9. The largest absolute Gasteiger partial charge is 0.465 e. The summed E-state index contributed by atoms with van der Waals surface area (Å²) in [5.41, 5.74) is 2.91. The molecule has 0 bridgehead atoms. The van der Waals surface area contributed by atoms with Crippen LogP contribution in [0.4, 0.5) is 10.5 Å². The topological polar surface area (TPSA) is 142 Å². The molecule has 1 aliphatic heterocycles. The van der Waals surface area contributed by atoms with E-state index in [0.29, 0.717) is 35.9 Å². The van der Waals surface area contributed by atoms with Gasteiger partial charge in [0, 0.05) is 18.7 Å². The Bertz CT molecular complexity index is 1080. The van der Waals surface area contributed by atoms with Crippen LogP contribution in [0.25, 0.3) is 0 Å². The number of nitrogens with zero attached hydrogens (tertiary/aromatic N) is 1. The number of aliphatic hydroxyl groups is 1. The van der Waals surface area contributed by atoms with Gasteiger partial charge in [-0.25, -0.2) is 4.79 Å². The molecule has 2 amide bonds. The number of benzene rings is 2. The minimum atomic E-state index is -2.95. The second-order valence-corrected chi connectivity index (χ2v) is 12.1. The highest BCUT2D eigenvalue weighted by molar-refractivity contribution is 8.25. The summed E-state index contributed by atoms with van der Waals surface area (Å²) in [5, 5.41) is 24.8. The third-order valence-corrected chi connectivity index (χ3v) is 9.18. The molecule has 1 saturated carbocycles. The van der Waals surface area contributed by atoms with Gasteiger partial charge in [0.2, 0.25) is 0 Å². The molecule has 0 unspecified atom stereocenters. The van der Waals surface area contributed by atoms with Gasteiger partial charge in [-0.1, -0.05) is 43.2 Å². The fraction of sp³-hybridized carbons (Fsp3) is 0.481. The summed E-state index contributed by atoms with van der Waals surface area (Å²) >= 11 is 0. The summed E-state index contributed by atoms with van der Waals surface area (Å²) in [6, 6.07) is 14.2. The zero-order valence-corrected chi connectivity index (χ0v) is 21.7. The van der Waals surface area contributed by atoms with Crippen LogP contribution in [0.2, 0.25) is 0 Å². The van der Waals surface area contributed by atoms with Gasteiger partial charge >= 0.3 is 6.09 Å². The third kappa shape index (κ3) is 7.16. The number of carbonyl (C=O) groups excluding carboxylic acids is 1. The second kappa shape index (κ2) is 12.2. The zero-order valence-electron chi connectivity index (χ0n) is 20.9. The molecule has 1 heterocycles. The highest BCUT2D eigenvalue weighted by Gasteiger charge is 2.30. The van der Waals surface area contributed by atoms with Crippen LogP contribution in [0, 0.1) is 0 Å². The first-order chi connectivity index (χ1) is 17.7. The molecule has 0 spiro atoms. The van der Waals surface area contributed by atoms with E-state index in [2.05, 4.69) is 10.6 Å². The Labute approximate surface area is 219 Å². The molecule has 0 radical (unpaired) electrons. The second-order valence-electron chi connectivity index (χ2n) is 9.96. The van der Waals surface area contributed by atoms with E-state index in [1.54, 1.807) is 10.4 Å². The van der Waals surface area contributed by atoms with E-state index in [-0.39, 0.29) is 6.54 Å². The van der Waals surface area contributed by atoms with Crippen LogP contribution in [-0.4, -0.2) is 62.3 Å². The quantitative estimate of drug-likeness (QED) is 0.278. The summed E-state index contributed by atoms with van der Waals surface area (Å²) in [6.07, 6.45) is 3.80. The molecule has 2 aliphatic rings. The van der Waals surface area contributed by atoms with Crippen LogP contribution < -0.4 is 14.9 Å². The monoisotopic (exact) mass is 531 g/mol. The normalized spacial score (nSPS) is 20.1. The lowest BCUT2D eigenvalue weighted by Gasteiger charge is -2.47. The Kier molecular flexibility index (Phi) is 8.96. The summed E-state index contributed by atoms with van der Waals surface area (Å²) < 4.78 is 23.1. The molecule has 4 rings (SSSR count). The molecule has 9 nitrogen and oxygen atoms in total. The average Bonchev–Trinajstić information content (AvgIpc) is 3.42. The van der Waals surface area contributed by atoms with E-state index >= 15 is 0 Å². The molecule has 37 heavy (non-hydrogen) atoms. The summed E-state index contributed by atoms with van der Waals surface area (Å²) in [4.78, 5) is 24.5. The number of nitrogens with one attached hydrogen (secondary N) is 2. The van der Waals surface area contributed by atoms with Gasteiger partial charge in [-0.05, 0) is 67.3 Å². The Morgan fingerprint density at radius 1 is 1.03 bits per heavy atom. The highest BCUT2D eigenvalue weighted by atomic mass is 32.3. The van der Waals surface area contributed by atoms with E-state index < -0.39 is 34.9 Å². The molecule has 202 valence electrons. The Morgan fingerprint density at radius 2 is 1.76 bits per heavy atom. The van der Waals surface area contributed by atoms with Crippen molar-refractivity contribution in [3.8, 4) is 0 Å². The highest BCUT2D eigenvalue weighted by Crippen LogP contribution is 2.50. The van der Waals surface area contributed by atoms with Crippen molar-refractivity contribution >= 4 is 28.5 Å². The molecule has 2 atom stereocenters. The molecule has 1 aliphatic carbocycles. The van der Waals surface area contributed by atoms with Crippen LogP contribution >= 0.6 is 10.8 Å². The third-order valence-electron chi connectivity index (χ3n) is 7.24. The van der Waals surface area contributed by atoms with Crippen molar-refractivity contribution in [1.82, 2.24) is 10.6 Å². The molecular formula is C27H37N3O6S. The summed E-state index contributed by atoms with van der Waals surface area (Å²) in [7, 11) is -2.95. The van der Waals surface area contributed by atoms with E-state index in [9.17, 15) is 23.8 Å². The Balaban J connectivity index is 1.62. The van der Waals surface area contributed by atoms with Crippen molar-refractivity contribution in [1.29, 1.82) is 0 Å². The first-order valence-corrected chi connectivity index (χ1v) is 14.6. The van der Waals surface area contributed by atoms with Crippen molar-refractivity contribution < 1.29 is 28.9 Å². The Morgan fingerprint density at radius 3 is 2.43 bits per heavy atom. The lowest BCUT2D eigenvalue weighted by atomic mass is 9.94. The molecule has 10 heteroatoms. The number of aliphatic hydroxyl groups excluding tert-OH is 1. The smallest absolute Gasteiger partial charge is 0.404 e. The van der Waals surface area contributed by atoms with Gasteiger partial charge in [0.25, 0.3) is 5.91 Å². The minimum Gasteiger partial charge on any atom is -0.465 e. The van der Waals surface area contributed by atoms with Gasteiger partial charge in [0.1, 0.15) is 0 Å². The van der Waals surface area contributed by atoms with E-state index in [0.717, 1.165) is 49.7 Å². The van der Waals surface area contributed by atoms with Gasteiger partial charge < -0.3 is 20.8 Å². The number of carbonyl (C=O) groups is 2. The van der Waals surface area contributed by atoms with Crippen LogP contribution in [0.5, 0.6) is 0 Å². The molecule has 2 fully saturated rings. The predicted octanol–water partition coefficient (Wildman–Crippen LogP) is 4.58. The van der Waals surface area contributed by atoms with Gasteiger partial charge in [-0.3, -0.25) is 18.2 Å². The number of carboxylic acid groups (broad SMARTS) is 1. The summed E-state index contributed by atoms with van der Waals surface area (Å²) in [6.45, 7) is 0.281. The maximum absolute atomic E-state index is 13.6. The predicted molar refractivity (Wildman–Crippen MR) is 145 cm³/mol.